The first-order valence-corrected chi connectivity index (χ1v) is 11.9. The van der Waals surface area contributed by atoms with Gasteiger partial charge in [0.05, 0.1) is 18.2 Å². The van der Waals surface area contributed by atoms with Crippen LogP contribution >= 0.6 is 0 Å². The lowest BCUT2D eigenvalue weighted by atomic mass is 9.77. The van der Waals surface area contributed by atoms with Crippen LogP contribution in [0.3, 0.4) is 0 Å². The number of rotatable bonds is 6. The second-order valence-corrected chi connectivity index (χ2v) is 9.05. The second-order valence-electron chi connectivity index (χ2n) is 9.05. The highest BCUT2D eigenvalue weighted by molar-refractivity contribution is 6.38. The molecule has 3 aromatic rings. The number of likely N-dealkylation sites (tertiary alicyclic amines) is 1. The van der Waals surface area contributed by atoms with E-state index in [4.69, 9.17) is 4.74 Å². The molecular weight excluding hydrogens is 523 g/mol. The van der Waals surface area contributed by atoms with Crippen LogP contribution in [0.2, 0.25) is 0 Å². The maximum absolute atomic E-state index is 14.7. The minimum absolute atomic E-state index is 0.000665. The number of methoxy groups -OCH3 is 1. The van der Waals surface area contributed by atoms with Crippen LogP contribution < -0.4 is 10.1 Å². The van der Waals surface area contributed by atoms with Crippen molar-refractivity contribution < 1.29 is 41.1 Å². The predicted molar refractivity (Wildman–Crippen MR) is 129 cm³/mol. The van der Waals surface area contributed by atoms with Crippen LogP contribution in [0.4, 0.5) is 22.0 Å². The van der Waals surface area contributed by atoms with E-state index in [-0.39, 0.29) is 36.3 Å². The SMILES string of the molecule is COc1cc([C@@](Cc2ccccc2)(NC(=O)C(=O)N2CCCC2=O)c2cc(F)cc(C(F)(F)F)c2)ccc1F. The van der Waals surface area contributed by atoms with Crippen LogP contribution in [0.25, 0.3) is 0 Å². The average molecular weight is 546 g/mol. The number of imide groups is 1. The van der Waals surface area contributed by atoms with E-state index in [1.165, 1.54) is 13.2 Å². The minimum atomic E-state index is -4.95. The van der Waals surface area contributed by atoms with Gasteiger partial charge in [-0.2, -0.15) is 13.2 Å². The molecule has 1 saturated heterocycles. The lowest BCUT2D eigenvalue weighted by Crippen LogP contribution is -2.54. The van der Waals surface area contributed by atoms with Gasteiger partial charge in [-0.1, -0.05) is 36.4 Å². The fourth-order valence-electron chi connectivity index (χ4n) is 4.62. The van der Waals surface area contributed by atoms with Gasteiger partial charge in [0.25, 0.3) is 0 Å². The standard InChI is InChI=1S/C28H23F5N2O4/c1-39-23-15-18(9-10-22(23)30)27(16-17-6-3-2-4-7-17,19-12-20(28(31,32)33)14-21(29)13-19)34-25(37)26(38)35-11-5-8-24(35)36/h2-4,6-7,9-10,12-15H,5,8,11,16H2,1H3,(H,34,37)/t27-/m1/s1. The van der Waals surface area contributed by atoms with Crippen molar-refractivity contribution in [3.63, 3.8) is 0 Å². The maximum atomic E-state index is 14.7. The summed E-state index contributed by atoms with van der Waals surface area (Å²) in [5.41, 5.74) is -3.22. The molecule has 0 saturated carbocycles. The van der Waals surface area contributed by atoms with Crippen molar-refractivity contribution in [3.8, 4) is 5.75 Å². The number of carbonyl (C=O) groups is 3. The third-order valence-corrected chi connectivity index (χ3v) is 6.51. The number of hydrogen-bond donors (Lipinski definition) is 1. The summed E-state index contributed by atoms with van der Waals surface area (Å²) in [6, 6.07) is 13.3. The zero-order chi connectivity index (χ0) is 28.4. The fraction of sp³-hybridized carbons (Fsp3) is 0.250. The molecule has 0 unspecified atom stereocenters. The van der Waals surface area contributed by atoms with Crippen molar-refractivity contribution in [1.29, 1.82) is 0 Å². The van der Waals surface area contributed by atoms with E-state index in [0.717, 1.165) is 23.1 Å². The number of ether oxygens (including phenoxy) is 1. The lowest BCUT2D eigenvalue weighted by Gasteiger charge is -2.37. The van der Waals surface area contributed by atoms with Gasteiger partial charge in [-0.3, -0.25) is 19.3 Å². The summed E-state index contributed by atoms with van der Waals surface area (Å²) < 4.78 is 75.4. The van der Waals surface area contributed by atoms with Crippen molar-refractivity contribution in [3.05, 3.63) is 101 Å². The lowest BCUT2D eigenvalue weighted by molar-refractivity contribution is -0.151. The second kappa shape index (κ2) is 10.8. The molecule has 1 heterocycles. The Hall–Kier alpha value is -4.28. The van der Waals surface area contributed by atoms with Crippen LogP contribution in [0.15, 0.2) is 66.7 Å². The Bertz CT molecular complexity index is 1410. The highest BCUT2D eigenvalue weighted by atomic mass is 19.4. The van der Waals surface area contributed by atoms with Crippen LogP contribution in [0.5, 0.6) is 5.75 Å². The van der Waals surface area contributed by atoms with Gasteiger partial charge in [-0.25, -0.2) is 8.78 Å². The topological polar surface area (TPSA) is 75.7 Å². The molecule has 1 aliphatic heterocycles. The molecule has 3 aromatic carbocycles. The molecule has 1 fully saturated rings. The van der Waals surface area contributed by atoms with Crippen molar-refractivity contribution in [2.75, 3.05) is 13.7 Å². The summed E-state index contributed by atoms with van der Waals surface area (Å²) in [5.74, 6) is -5.43. The van der Waals surface area contributed by atoms with Crippen LogP contribution in [0.1, 0.15) is 35.1 Å². The molecular formula is C28H23F5N2O4. The van der Waals surface area contributed by atoms with Crippen molar-refractivity contribution >= 4 is 17.7 Å². The molecule has 204 valence electrons. The molecule has 1 atom stereocenters. The Labute approximate surface area is 220 Å². The number of nitrogens with one attached hydrogen (secondary N) is 1. The van der Waals surface area contributed by atoms with Gasteiger partial charge in [0.15, 0.2) is 11.6 Å². The summed E-state index contributed by atoms with van der Waals surface area (Å²) >= 11 is 0. The third-order valence-electron chi connectivity index (χ3n) is 6.51. The first-order chi connectivity index (χ1) is 18.4. The van der Waals surface area contributed by atoms with Gasteiger partial charge in [0.2, 0.25) is 5.91 Å². The summed E-state index contributed by atoms with van der Waals surface area (Å²) in [6.45, 7) is -0.000665. The van der Waals surface area contributed by atoms with Crippen molar-refractivity contribution in [1.82, 2.24) is 10.2 Å². The van der Waals surface area contributed by atoms with E-state index in [2.05, 4.69) is 5.32 Å². The number of hydrogen-bond acceptors (Lipinski definition) is 4. The quantitative estimate of drug-likeness (QED) is 0.358. The van der Waals surface area contributed by atoms with Gasteiger partial charge >= 0.3 is 18.0 Å². The summed E-state index contributed by atoms with van der Waals surface area (Å²) in [7, 11) is 1.17. The highest BCUT2D eigenvalue weighted by Gasteiger charge is 2.42. The van der Waals surface area contributed by atoms with Crippen LogP contribution in [0, 0.1) is 11.6 Å². The largest absolute Gasteiger partial charge is 0.494 e. The van der Waals surface area contributed by atoms with E-state index in [0.29, 0.717) is 24.1 Å². The van der Waals surface area contributed by atoms with Gasteiger partial charge in [-0.15, -0.1) is 0 Å². The summed E-state index contributed by atoms with van der Waals surface area (Å²) in [5, 5.41) is 2.49. The van der Waals surface area contributed by atoms with E-state index in [9.17, 15) is 36.3 Å². The normalized spacial score (nSPS) is 15.1. The fourth-order valence-corrected chi connectivity index (χ4v) is 4.62. The molecule has 0 bridgehead atoms. The van der Waals surface area contributed by atoms with Crippen molar-refractivity contribution in [2.45, 2.75) is 31.0 Å². The highest BCUT2D eigenvalue weighted by Crippen LogP contribution is 2.39. The molecule has 1 aliphatic rings. The number of nitrogens with zero attached hydrogens (tertiary/aromatic N) is 1. The number of carbonyl (C=O) groups excluding carboxylic acids is 3. The zero-order valence-corrected chi connectivity index (χ0v) is 20.6. The molecule has 0 aliphatic carbocycles. The molecule has 11 heteroatoms. The van der Waals surface area contributed by atoms with Crippen molar-refractivity contribution in [2.24, 2.45) is 0 Å². The van der Waals surface area contributed by atoms with E-state index < -0.39 is 46.6 Å². The van der Waals surface area contributed by atoms with Gasteiger partial charge < -0.3 is 10.1 Å². The molecule has 1 N–H and O–H groups in total. The van der Waals surface area contributed by atoms with Crippen LogP contribution in [-0.2, 0) is 32.5 Å². The molecule has 0 spiro atoms. The van der Waals surface area contributed by atoms with Crippen LogP contribution in [-0.4, -0.2) is 36.3 Å². The third kappa shape index (κ3) is 5.76. The van der Waals surface area contributed by atoms with E-state index >= 15 is 0 Å². The molecule has 3 amide bonds. The Morgan fingerprint density at radius 1 is 0.949 bits per heavy atom. The Morgan fingerprint density at radius 3 is 2.26 bits per heavy atom. The van der Waals surface area contributed by atoms with E-state index in [1.807, 2.05) is 0 Å². The Morgan fingerprint density at radius 2 is 1.64 bits per heavy atom. The molecule has 6 nitrogen and oxygen atoms in total. The Kier molecular flexibility index (Phi) is 7.71. The molecule has 0 aromatic heterocycles. The molecule has 4 rings (SSSR count). The molecule has 39 heavy (non-hydrogen) atoms. The maximum Gasteiger partial charge on any atom is 0.416 e. The van der Waals surface area contributed by atoms with Gasteiger partial charge in [-0.05, 0) is 53.4 Å². The summed E-state index contributed by atoms with van der Waals surface area (Å²) in [4.78, 5) is 39.2. The minimum Gasteiger partial charge on any atom is -0.494 e. The van der Waals surface area contributed by atoms with Gasteiger partial charge in [0.1, 0.15) is 5.82 Å². The number of benzene rings is 3. The van der Waals surface area contributed by atoms with Gasteiger partial charge in [0, 0.05) is 19.4 Å². The number of halogens is 5. The van der Waals surface area contributed by atoms with E-state index in [1.54, 1.807) is 30.3 Å². The molecule has 0 radical (unpaired) electrons. The average Bonchev–Trinajstić information content (AvgIpc) is 3.33. The Balaban J connectivity index is 1.98. The zero-order valence-electron chi connectivity index (χ0n) is 20.6. The number of alkyl halides is 3. The first-order valence-electron chi connectivity index (χ1n) is 11.9. The predicted octanol–water partition coefficient (Wildman–Crippen LogP) is 4.74. The monoisotopic (exact) mass is 546 g/mol. The number of amides is 3. The summed E-state index contributed by atoms with van der Waals surface area (Å²) in [6.07, 6.45) is -4.81. The smallest absolute Gasteiger partial charge is 0.416 e. The first kappa shape index (κ1) is 27.7.